The predicted molar refractivity (Wildman–Crippen MR) is 192 cm³/mol. The molecule has 2 fully saturated rings. The average molecular weight is 796 g/mol. The summed E-state index contributed by atoms with van der Waals surface area (Å²) < 4.78 is 22.2. The van der Waals surface area contributed by atoms with Crippen molar-refractivity contribution in [2.75, 3.05) is 18.5 Å². The van der Waals surface area contributed by atoms with Gasteiger partial charge in [-0.05, 0) is 65.2 Å². The number of aliphatic hydroxyl groups is 3. The van der Waals surface area contributed by atoms with E-state index in [-0.39, 0.29) is 75.6 Å². The SMILES string of the molecule is CC(C)(CCC(=O)ON1C(=O)CCC1=O)OCCC(C)(C)C(=O)NCCC(=O)Nc1cc(COC(=O)C(C)(C)C)ccc1O[C@@H]1O[C@H](C(=O)O)[C@@H](O)[C@H](O)[C@H]1O. The Bertz CT molecular complexity index is 1620. The molecule has 4 amide bonds. The molecule has 19 nitrogen and oxygen atoms in total. The molecule has 2 heterocycles. The van der Waals surface area contributed by atoms with Crippen molar-refractivity contribution in [1.82, 2.24) is 10.4 Å². The van der Waals surface area contributed by atoms with Crippen LogP contribution in [-0.2, 0) is 59.2 Å². The molecule has 2 aliphatic rings. The Morgan fingerprint density at radius 3 is 2.14 bits per heavy atom. The molecule has 56 heavy (non-hydrogen) atoms. The maximum Gasteiger partial charge on any atom is 0.335 e. The highest BCUT2D eigenvalue weighted by atomic mass is 16.7. The second-order valence-corrected chi connectivity index (χ2v) is 15.9. The van der Waals surface area contributed by atoms with Crippen molar-refractivity contribution in [2.45, 2.75) is 130 Å². The lowest BCUT2D eigenvalue weighted by Gasteiger charge is -2.38. The van der Waals surface area contributed by atoms with Gasteiger partial charge in [-0.1, -0.05) is 19.9 Å². The van der Waals surface area contributed by atoms with Crippen LogP contribution in [0, 0.1) is 10.8 Å². The molecule has 0 aliphatic carbocycles. The van der Waals surface area contributed by atoms with E-state index in [0.29, 0.717) is 10.6 Å². The average Bonchev–Trinajstić information content (AvgIpc) is 3.41. The molecular formula is C37H53N3O16. The number of aliphatic hydroxyl groups excluding tert-OH is 3. The van der Waals surface area contributed by atoms with Gasteiger partial charge >= 0.3 is 17.9 Å². The zero-order valence-corrected chi connectivity index (χ0v) is 32.6. The van der Waals surface area contributed by atoms with Crippen molar-refractivity contribution in [2.24, 2.45) is 10.8 Å². The number of hydrogen-bond donors (Lipinski definition) is 6. The van der Waals surface area contributed by atoms with Crippen LogP contribution in [0.3, 0.4) is 0 Å². The zero-order valence-electron chi connectivity index (χ0n) is 32.6. The molecule has 0 bridgehead atoms. The fraction of sp³-hybridized carbons (Fsp3) is 0.649. The van der Waals surface area contributed by atoms with Gasteiger partial charge in [0.2, 0.25) is 18.1 Å². The summed E-state index contributed by atoms with van der Waals surface area (Å²) in [4.78, 5) is 90.5. The molecule has 1 aromatic carbocycles. The third kappa shape index (κ3) is 12.9. The van der Waals surface area contributed by atoms with Crippen molar-refractivity contribution >= 4 is 47.2 Å². The monoisotopic (exact) mass is 795 g/mol. The minimum atomic E-state index is -1.95. The van der Waals surface area contributed by atoms with E-state index in [1.807, 2.05) is 0 Å². The maximum absolute atomic E-state index is 13.1. The highest BCUT2D eigenvalue weighted by molar-refractivity contribution is 6.01. The summed E-state index contributed by atoms with van der Waals surface area (Å²) in [5.74, 6) is -5.09. The first-order valence-electron chi connectivity index (χ1n) is 18.1. The molecule has 0 spiro atoms. The van der Waals surface area contributed by atoms with Crippen LogP contribution in [0.25, 0.3) is 0 Å². The summed E-state index contributed by atoms with van der Waals surface area (Å²) in [6, 6.07) is 4.25. The van der Waals surface area contributed by atoms with Crippen molar-refractivity contribution in [3.8, 4) is 5.75 Å². The first-order valence-corrected chi connectivity index (χ1v) is 18.1. The molecule has 1 aromatic rings. The second-order valence-electron chi connectivity index (χ2n) is 15.9. The molecule has 3 rings (SSSR count). The third-order valence-corrected chi connectivity index (χ3v) is 8.96. The molecule has 6 N–H and O–H groups in total. The Morgan fingerprint density at radius 2 is 1.54 bits per heavy atom. The van der Waals surface area contributed by atoms with Crippen LogP contribution in [0.15, 0.2) is 18.2 Å². The lowest BCUT2D eigenvalue weighted by atomic mass is 9.88. The molecular weight excluding hydrogens is 742 g/mol. The van der Waals surface area contributed by atoms with Crippen LogP contribution in [0.4, 0.5) is 5.69 Å². The topological polar surface area (TPSA) is 274 Å². The number of anilines is 1. The Balaban J connectivity index is 1.56. The smallest absolute Gasteiger partial charge is 0.335 e. The van der Waals surface area contributed by atoms with Crippen molar-refractivity contribution < 1.29 is 77.8 Å². The summed E-state index contributed by atoms with van der Waals surface area (Å²) >= 11 is 0. The summed E-state index contributed by atoms with van der Waals surface area (Å²) in [6.07, 6.45) is -9.35. The third-order valence-electron chi connectivity index (χ3n) is 8.96. The van der Waals surface area contributed by atoms with E-state index < -0.39 is 82.8 Å². The molecule has 0 aromatic heterocycles. The minimum absolute atomic E-state index is 0.000277. The number of benzene rings is 1. The molecule has 312 valence electrons. The Hall–Kier alpha value is -4.69. The summed E-state index contributed by atoms with van der Waals surface area (Å²) in [5, 5.41) is 45.9. The fourth-order valence-electron chi connectivity index (χ4n) is 5.23. The maximum atomic E-state index is 13.1. The van der Waals surface area contributed by atoms with Crippen molar-refractivity contribution in [1.29, 1.82) is 0 Å². The van der Waals surface area contributed by atoms with E-state index in [1.54, 1.807) is 48.5 Å². The van der Waals surface area contributed by atoms with Crippen LogP contribution < -0.4 is 15.4 Å². The number of aliphatic carboxylic acids is 1. The van der Waals surface area contributed by atoms with Gasteiger partial charge < -0.3 is 54.8 Å². The van der Waals surface area contributed by atoms with Gasteiger partial charge in [-0.25, -0.2) is 9.59 Å². The minimum Gasteiger partial charge on any atom is -0.479 e. The first kappa shape index (κ1) is 45.7. The molecule has 0 radical (unpaired) electrons. The number of carbonyl (C=O) groups is 7. The van der Waals surface area contributed by atoms with Gasteiger partial charge in [0.15, 0.2) is 6.10 Å². The Kier molecular flexibility index (Phi) is 15.5. The Labute approximate surface area is 323 Å². The van der Waals surface area contributed by atoms with Crippen LogP contribution in [-0.4, -0.2) is 116 Å². The molecule has 2 aliphatic heterocycles. The number of imide groups is 1. The number of nitrogens with zero attached hydrogens (tertiary/aromatic N) is 1. The number of nitrogens with one attached hydrogen (secondary N) is 2. The van der Waals surface area contributed by atoms with Gasteiger partial charge in [-0.3, -0.25) is 24.0 Å². The largest absolute Gasteiger partial charge is 0.479 e. The van der Waals surface area contributed by atoms with E-state index in [9.17, 15) is 54.0 Å². The van der Waals surface area contributed by atoms with E-state index in [1.165, 1.54) is 18.2 Å². The van der Waals surface area contributed by atoms with Crippen molar-refractivity contribution in [3.05, 3.63) is 23.8 Å². The van der Waals surface area contributed by atoms with Crippen LogP contribution in [0.2, 0.25) is 0 Å². The normalized spacial score (nSPS) is 21.7. The van der Waals surface area contributed by atoms with E-state index in [4.69, 9.17) is 23.8 Å². The molecule has 2 saturated heterocycles. The number of hydrogen-bond acceptors (Lipinski definition) is 15. The van der Waals surface area contributed by atoms with E-state index >= 15 is 0 Å². The van der Waals surface area contributed by atoms with Gasteiger partial charge in [-0.2, -0.15) is 0 Å². The Morgan fingerprint density at radius 1 is 0.893 bits per heavy atom. The highest BCUT2D eigenvalue weighted by Crippen LogP contribution is 2.32. The standard InChI is InChI=1S/C37H53N3O16/c1-35(2,3)34(51)52-19-20-8-9-22(54-32-29(47)27(45)28(46)30(55-32)31(48)49)21(18-20)39-23(41)13-16-38-33(50)36(4,5)15-17-53-37(6,7)14-12-26(44)56-40-24(42)10-11-25(40)43/h8-9,18,27-30,32,45-47H,10-17,19H2,1-7H3,(H,38,50)(H,39,41)(H,48,49)/t27-,28-,29+,30-,32+/m0/s1. The number of amides is 4. The number of carboxylic acids is 1. The van der Waals surface area contributed by atoms with Crippen LogP contribution in [0.1, 0.15) is 92.6 Å². The molecule has 19 heteroatoms. The lowest BCUT2D eigenvalue weighted by molar-refractivity contribution is -0.271. The number of esters is 1. The van der Waals surface area contributed by atoms with Gasteiger partial charge in [0.05, 0.1) is 23.1 Å². The van der Waals surface area contributed by atoms with Crippen molar-refractivity contribution in [3.63, 3.8) is 0 Å². The van der Waals surface area contributed by atoms with E-state index in [2.05, 4.69) is 10.6 Å². The molecule has 5 atom stereocenters. The second kappa shape index (κ2) is 19.0. The zero-order chi connectivity index (χ0) is 42.2. The number of carboxylic acid groups (broad SMARTS) is 1. The van der Waals surface area contributed by atoms with E-state index in [0.717, 1.165) is 0 Å². The van der Waals surface area contributed by atoms with Crippen LogP contribution in [0.5, 0.6) is 5.75 Å². The van der Waals surface area contributed by atoms with Gasteiger partial charge in [-0.15, -0.1) is 5.06 Å². The summed E-state index contributed by atoms with van der Waals surface area (Å²) in [6.45, 7) is 11.8. The lowest BCUT2D eigenvalue weighted by Crippen LogP contribution is -2.61. The summed E-state index contributed by atoms with van der Waals surface area (Å²) in [7, 11) is 0. The summed E-state index contributed by atoms with van der Waals surface area (Å²) in [5.41, 5.74) is -2.11. The van der Waals surface area contributed by atoms with Gasteiger partial charge in [0.1, 0.15) is 30.7 Å². The fourth-order valence-corrected chi connectivity index (χ4v) is 5.23. The predicted octanol–water partition coefficient (Wildman–Crippen LogP) is 1.09. The molecule has 0 saturated carbocycles. The number of ether oxygens (including phenoxy) is 4. The van der Waals surface area contributed by atoms with Gasteiger partial charge in [0, 0.05) is 37.8 Å². The number of rotatable bonds is 18. The van der Waals surface area contributed by atoms with Crippen LogP contribution >= 0.6 is 0 Å². The quantitative estimate of drug-likeness (QED) is 0.0896. The number of hydroxylamine groups is 2. The first-order chi connectivity index (χ1) is 25.9. The highest BCUT2D eigenvalue weighted by Gasteiger charge is 2.48. The number of carbonyl (C=O) groups excluding carboxylic acids is 6. The van der Waals surface area contributed by atoms with Gasteiger partial charge in [0.25, 0.3) is 11.8 Å². The molecule has 0 unspecified atom stereocenters.